The molecule has 4 heteroatoms. The SMILES string of the molecule is CC1(C)[C@@H]2CC[C@@]1(C)[C@H](OC(=O)C[NH+]1CCOCC1)C2. The van der Waals surface area contributed by atoms with Crippen LogP contribution in [0.25, 0.3) is 0 Å². The molecule has 2 saturated carbocycles. The van der Waals surface area contributed by atoms with Crippen molar-refractivity contribution in [3.8, 4) is 0 Å². The first-order valence-electron chi connectivity index (χ1n) is 8.04. The van der Waals surface area contributed by atoms with Crippen LogP contribution in [0.15, 0.2) is 0 Å². The number of morpholine rings is 1. The lowest BCUT2D eigenvalue weighted by Gasteiger charge is -2.38. The van der Waals surface area contributed by atoms with Crippen LogP contribution in [0.3, 0.4) is 0 Å². The van der Waals surface area contributed by atoms with Crippen LogP contribution in [0.1, 0.15) is 40.0 Å². The summed E-state index contributed by atoms with van der Waals surface area (Å²) in [4.78, 5) is 13.5. The van der Waals surface area contributed by atoms with Gasteiger partial charge < -0.3 is 14.4 Å². The topological polar surface area (TPSA) is 40.0 Å². The largest absolute Gasteiger partial charge is 0.458 e. The van der Waals surface area contributed by atoms with Gasteiger partial charge in [0.2, 0.25) is 0 Å². The van der Waals surface area contributed by atoms with E-state index >= 15 is 0 Å². The summed E-state index contributed by atoms with van der Waals surface area (Å²) in [5.41, 5.74) is 0.484. The van der Waals surface area contributed by atoms with Gasteiger partial charge in [0, 0.05) is 5.41 Å². The maximum atomic E-state index is 12.2. The van der Waals surface area contributed by atoms with Crippen molar-refractivity contribution in [2.75, 3.05) is 32.8 Å². The first-order valence-corrected chi connectivity index (χ1v) is 8.04. The molecular formula is C16H28NO3+. The standard InChI is InChI=1S/C16H27NO3/c1-15(2)12-4-5-16(15,3)13(10-12)20-14(18)11-17-6-8-19-9-7-17/h12-13H,4-11H2,1-3H3/p+1/t12-,13-,16+/m1/s1. The minimum atomic E-state index is -0.0172. The van der Waals surface area contributed by atoms with Gasteiger partial charge >= 0.3 is 5.97 Å². The average molecular weight is 282 g/mol. The highest BCUT2D eigenvalue weighted by Crippen LogP contribution is 2.66. The summed E-state index contributed by atoms with van der Waals surface area (Å²) in [6, 6.07) is 0. The predicted octanol–water partition coefficient (Wildman–Crippen LogP) is 0.660. The number of rotatable bonds is 3. The predicted molar refractivity (Wildman–Crippen MR) is 75.5 cm³/mol. The van der Waals surface area contributed by atoms with Crippen molar-refractivity contribution in [2.24, 2.45) is 16.7 Å². The molecule has 2 bridgehead atoms. The van der Waals surface area contributed by atoms with Crippen molar-refractivity contribution in [2.45, 2.75) is 46.1 Å². The molecule has 1 N–H and O–H groups in total. The maximum absolute atomic E-state index is 12.2. The van der Waals surface area contributed by atoms with E-state index in [1.54, 1.807) is 0 Å². The third-order valence-electron chi connectivity index (χ3n) is 6.58. The molecule has 1 saturated heterocycles. The molecule has 3 rings (SSSR count). The number of fused-ring (bicyclic) bond motifs is 2. The van der Waals surface area contributed by atoms with E-state index in [2.05, 4.69) is 20.8 Å². The first kappa shape index (κ1) is 14.3. The molecule has 0 spiro atoms. The lowest BCUT2D eigenvalue weighted by atomic mass is 9.70. The Balaban J connectivity index is 1.57. The van der Waals surface area contributed by atoms with E-state index in [1.165, 1.54) is 17.7 Å². The Bertz CT molecular complexity index is 389. The number of quaternary nitrogens is 1. The Morgan fingerprint density at radius 2 is 2.00 bits per heavy atom. The number of nitrogens with one attached hydrogen (secondary N) is 1. The molecule has 114 valence electrons. The van der Waals surface area contributed by atoms with E-state index < -0.39 is 0 Å². The van der Waals surface area contributed by atoms with E-state index in [4.69, 9.17) is 9.47 Å². The quantitative estimate of drug-likeness (QED) is 0.773. The van der Waals surface area contributed by atoms with Crippen LogP contribution < -0.4 is 4.90 Å². The van der Waals surface area contributed by atoms with Gasteiger partial charge in [-0.05, 0) is 30.6 Å². The number of carbonyl (C=O) groups is 1. The third kappa shape index (κ3) is 2.17. The summed E-state index contributed by atoms with van der Waals surface area (Å²) in [6.45, 7) is 10.9. The monoisotopic (exact) mass is 282 g/mol. The fourth-order valence-electron chi connectivity index (χ4n) is 4.55. The molecule has 0 aromatic rings. The van der Waals surface area contributed by atoms with Crippen molar-refractivity contribution in [1.29, 1.82) is 0 Å². The van der Waals surface area contributed by atoms with Crippen molar-refractivity contribution in [3.63, 3.8) is 0 Å². The number of carbonyl (C=O) groups excluding carboxylic acids is 1. The molecule has 4 nitrogen and oxygen atoms in total. The zero-order valence-corrected chi connectivity index (χ0v) is 13.0. The van der Waals surface area contributed by atoms with Crippen LogP contribution in [0.4, 0.5) is 0 Å². The normalized spacial score (nSPS) is 40.0. The fourth-order valence-corrected chi connectivity index (χ4v) is 4.55. The first-order chi connectivity index (χ1) is 9.43. The van der Waals surface area contributed by atoms with Crippen LogP contribution in [0, 0.1) is 16.7 Å². The van der Waals surface area contributed by atoms with E-state index in [9.17, 15) is 4.79 Å². The highest BCUT2D eigenvalue weighted by Gasteiger charge is 2.62. The zero-order chi connectivity index (χ0) is 14.4. The van der Waals surface area contributed by atoms with E-state index in [1.807, 2.05) is 0 Å². The molecule has 0 amide bonds. The van der Waals surface area contributed by atoms with Crippen LogP contribution in [0.2, 0.25) is 0 Å². The van der Waals surface area contributed by atoms with Gasteiger partial charge in [0.05, 0.1) is 13.2 Å². The van der Waals surface area contributed by atoms with Gasteiger partial charge in [0.1, 0.15) is 19.2 Å². The molecule has 3 aliphatic rings. The summed E-state index contributed by atoms with van der Waals surface area (Å²) in [5.74, 6) is 0.706. The molecular weight excluding hydrogens is 254 g/mol. The van der Waals surface area contributed by atoms with Gasteiger partial charge in [0.15, 0.2) is 6.54 Å². The Morgan fingerprint density at radius 3 is 2.55 bits per heavy atom. The number of ether oxygens (including phenoxy) is 2. The fraction of sp³-hybridized carbons (Fsp3) is 0.938. The maximum Gasteiger partial charge on any atom is 0.362 e. The Morgan fingerprint density at radius 1 is 1.30 bits per heavy atom. The molecule has 3 atom stereocenters. The van der Waals surface area contributed by atoms with Crippen LogP contribution >= 0.6 is 0 Å². The minimum Gasteiger partial charge on any atom is -0.458 e. The van der Waals surface area contributed by atoms with E-state index in [-0.39, 0.29) is 17.5 Å². The molecule has 3 fully saturated rings. The van der Waals surface area contributed by atoms with Gasteiger partial charge in [0.25, 0.3) is 0 Å². The van der Waals surface area contributed by atoms with Gasteiger partial charge in [-0.1, -0.05) is 20.8 Å². The van der Waals surface area contributed by atoms with Crippen LogP contribution in [-0.2, 0) is 14.3 Å². The Kier molecular flexibility index (Phi) is 3.57. The molecule has 20 heavy (non-hydrogen) atoms. The summed E-state index contributed by atoms with van der Waals surface area (Å²) in [5, 5.41) is 0. The Hall–Kier alpha value is -0.610. The second-order valence-corrected chi connectivity index (χ2v) is 7.63. The second-order valence-electron chi connectivity index (χ2n) is 7.63. The molecule has 2 aliphatic carbocycles. The van der Waals surface area contributed by atoms with Crippen molar-refractivity contribution < 1.29 is 19.2 Å². The smallest absolute Gasteiger partial charge is 0.362 e. The van der Waals surface area contributed by atoms with Crippen LogP contribution in [0.5, 0.6) is 0 Å². The molecule has 1 aliphatic heterocycles. The number of hydrogen-bond donors (Lipinski definition) is 1. The zero-order valence-electron chi connectivity index (χ0n) is 13.0. The number of esters is 1. The number of hydrogen-bond acceptors (Lipinski definition) is 3. The van der Waals surface area contributed by atoms with Crippen molar-refractivity contribution >= 4 is 5.97 Å². The second kappa shape index (κ2) is 4.99. The lowest BCUT2D eigenvalue weighted by Crippen LogP contribution is -3.15. The van der Waals surface area contributed by atoms with Gasteiger partial charge in [-0.15, -0.1) is 0 Å². The molecule has 0 aromatic carbocycles. The lowest BCUT2D eigenvalue weighted by molar-refractivity contribution is -0.900. The highest BCUT2D eigenvalue weighted by atomic mass is 16.5. The minimum absolute atomic E-state index is 0.0172. The van der Waals surface area contributed by atoms with Gasteiger partial charge in [-0.3, -0.25) is 0 Å². The van der Waals surface area contributed by atoms with Crippen molar-refractivity contribution in [1.82, 2.24) is 0 Å². The van der Waals surface area contributed by atoms with E-state index in [0.29, 0.717) is 12.0 Å². The summed E-state index contributed by atoms with van der Waals surface area (Å²) >= 11 is 0. The molecule has 1 heterocycles. The van der Waals surface area contributed by atoms with Crippen molar-refractivity contribution in [3.05, 3.63) is 0 Å². The highest BCUT2D eigenvalue weighted by molar-refractivity contribution is 5.70. The van der Waals surface area contributed by atoms with Gasteiger partial charge in [-0.2, -0.15) is 0 Å². The summed E-state index contributed by atoms with van der Waals surface area (Å²) < 4.78 is 11.2. The van der Waals surface area contributed by atoms with Crippen LogP contribution in [-0.4, -0.2) is 44.9 Å². The molecule has 0 radical (unpaired) electrons. The molecule has 0 unspecified atom stereocenters. The van der Waals surface area contributed by atoms with E-state index in [0.717, 1.165) is 38.6 Å². The Labute approximate surface area is 121 Å². The molecule has 0 aromatic heterocycles. The third-order valence-corrected chi connectivity index (χ3v) is 6.58. The van der Waals surface area contributed by atoms with Gasteiger partial charge in [-0.25, -0.2) is 4.79 Å². The summed E-state index contributed by atoms with van der Waals surface area (Å²) in [7, 11) is 0. The summed E-state index contributed by atoms with van der Waals surface area (Å²) in [6.07, 6.45) is 3.69. The average Bonchev–Trinajstić information content (AvgIpc) is 2.73.